The van der Waals surface area contributed by atoms with E-state index in [-0.39, 0.29) is 24.0 Å². The molecule has 0 saturated carbocycles. The molecule has 3 rings (SSSR count). The van der Waals surface area contributed by atoms with E-state index in [0.29, 0.717) is 6.61 Å². The number of hydrogen-bond donors (Lipinski definition) is 1. The summed E-state index contributed by atoms with van der Waals surface area (Å²) in [7, 11) is 1.66. The van der Waals surface area contributed by atoms with E-state index in [9.17, 15) is 4.79 Å². The van der Waals surface area contributed by atoms with Crippen LogP contribution in [0.5, 0.6) is 5.75 Å². The molecular weight excluding hydrogens is 290 g/mol. The topological polar surface area (TPSA) is 47.6 Å². The summed E-state index contributed by atoms with van der Waals surface area (Å²) in [5.41, 5.74) is 1.97. The minimum Gasteiger partial charge on any atom is -0.491 e. The molecule has 0 bridgehead atoms. The molecule has 2 unspecified atom stereocenters. The number of hydrogen-bond acceptors (Lipinski definition) is 3. The van der Waals surface area contributed by atoms with Crippen molar-refractivity contribution in [3.05, 3.63) is 65.7 Å². The van der Waals surface area contributed by atoms with Gasteiger partial charge in [0.15, 0.2) is 0 Å². The second kappa shape index (κ2) is 6.84. The molecule has 1 heterocycles. The van der Waals surface area contributed by atoms with Crippen LogP contribution < -0.4 is 10.1 Å². The molecule has 4 heteroatoms. The molecule has 1 N–H and O–H groups in total. The summed E-state index contributed by atoms with van der Waals surface area (Å²) in [6.07, 6.45) is -0.202. The summed E-state index contributed by atoms with van der Waals surface area (Å²) in [6, 6.07) is 17.3. The maximum Gasteiger partial charge on any atom is 0.227 e. The Bertz CT molecular complexity index is 671. The van der Waals surface area contributed by atoms with E-state index in [1.807, 2.05) is 61.5 Å². The average Bonchev–Trinajstić information content (AvgIpc) is 2.61. The smallest absolute Gasteiger partial charge is 0.227 e. The lowest BCUT2D eigenvalue weighted by atomic mass is 9.96. The Kier molecular flexibility index (Phi) is 4.63. The van der Waals surface area contributed by atoms with E-state index in [2.05, 4.69) is 5.32 Å². The highest BCUT2D eigenvalue weighted by atomic mass is 16.5. The summed E-state index contributed by atoms with van der Waals surface area (Å²) < 4.78 is 11.4. The van der Waals surface area contributed by atoms with Gasteiger partial charge in [-0.15, -0.1) is 0 Å². The molecule has 0 aliphatic carbocycles. The maximum absolute atomic E-state index is 12.6. The van der Waals surface area contributed by atoms with Crippen LogP contribution in [-0.2, 0) is 9.53 Å². The zero-order chi connectivity index (χ0) is 16.2. The third-order valence-corrected chi connectivity index (χ3v) is 4.28. The first-order chi connectivity index (χ1) is 11.2. The van der Waals surface area contributed by atoms with Crippen molar-refractivity contribution in [1.82, 2.24) is 5.32 Å². The van der Waals surface area contributed by atoms with Gasteiger partial charge in [0.2, 0.25) is 5.91 Å². The van der Waals surface area contributed by atoms with Crippen molar-refractivity contribution in [2.75, 3.05) is 13.7 Å². The molecule has 1 aliphatic heterocycles. The van der Waals surface area contributed by atoms with Crippen LogP contribution in [0, 0.1) is 0 Å². The Labute approximate surface area is 136 Å². The summed E-state index contributed by atoms with van der Waals surface area (Å²) in [5, 5.41) is 3.07. The van der Waals surface area contributed by atoms with Gasteiger partial charge in [-0.05, 0) is 18.6 Å². The van der Waals surface area contributed by atoms with Gasteiger partial charge >= 0.3 is 0 Å². The molecule has 120 valence electrons. The number of para-hydroxylation sites is 1. The molecule has 2 aromatic rings. The van der Waals surface area contributed by atoms with Crippen LogP contribution >= 0.6 is 0 Å². The van der Waals surface area contributed by atoms with E-state index >= 15 is 0 Å². The first kappa shape index (κ1) is 15.6. The van der Waals surface area contributed by atoms with Crippen molar-refractivity contribution in [1.29, 1.82) is 0 Å². The fourth-order valence-corrected chi connectivity index (χ4v) is 2.94. The second-order valence-electron chi connectivity index (χ2n) is 5.75. The molecule has 0 radical (unpaired) electrons. The lowest BCUT2D eigenvalue weighted by Gasteiger charge is -2.33. The summed E-state index contributed by atoms with van der Waals surface area (Å²) in [4.78, 5) is 12.6. The van der Waals surface area contributed by atoms with Crippen LogP contribution in [0.3, 0.4) is 0 Å². The fourth-order valence-electron chi connectivity index (χ4n) is 2.94. The highest BCUT2D eigenvalue weighted by molar-refractivity contribution is 5.83. The van der Waals surface area contributed by atoms with Crippen LogP contribution in [0.1, 0.15) is 30.1 Å². The Balaban J connectivity index is 1.74. The Morgan fingerprint density at radius 1 is 1.17 bits per heavy atom. The van der Waals surface area contributed by atoms with Gasteiger partial charge in [0.25, 0.3) is 0 Å². The van der Waals surface area contributed by atoms with E-state index in [1.54, 1.807) is 7.11 Å². The zero-order valence-corrected chi connectivity index (χ0v) is 13.4. The standard InChI is InChI=1S/C19H21NO3/c1-13(14-8-4-3-5-9-14)19(21)20-16-12-23-17-11-7-6-10-15(17)18(16)22-2/h3-11,13,16,18H,12H2,1-2H3,(H,20,21)/t13-,16?,18?/m0/s1. The van der Waals surface area contributed by atoms with E-state index in [0.717, 1.165) is 16.9 Å². The number of carbonyl (C=O) groups is 1. The number of fused-ring (bicyclic) bond motifs is 1. The van der Waals surface area contributed by atoms with E-state index in [4.69, 9.17) is 9.47 Å². The third kappa shape index (κ3) is 3.22. The predicted molar refractivity (Wildman–Crippen MR) is 88.5 cm³/mol. The lowest BCUT2D eigenvalue weighted by molar-refractivity contribution is -0.124. The Morgan fingerprint density at radius 2 is 1.87 bits per heavy atom. The third-order valence-electron chi connectivity index (χ3n) is 4.28. The van der Waals surface area contributed by atoms with Gasteiger partial charge in [0.05, 0.1) is 12.0 Å². The normalized spacial score (nSPS) is 21.0. The largest absolute Gasteiger partial charge is 0.491 e. The van der Waals surface area contributed by atoms with Crippen LogP contribution in [0.4, 0.5) is 0 Å². The molecule has 1 aliphatic rings. The number of amides is 1. The van der Waals surface area contributed by atoms with Gasteiger partial charge in [-0.2, -0.15) is 0 Å². The van der Waals surface area contributed by atoms with Crippen molar-refractivity contribution in [2.45, 2.75) is 25.0 Å². The zero-order valence-electron chi connectivity index (χ0n) is 13.4. The minimum atomic E-state index is -0.217. The predicted octanol–water partition coefficient (Wildman–Crippen LogP) is 3.06. The first-order valence-corrected chi connectivity index (χ1v) is 7.80. The van der Waals surface area contributed by atoms with Crippen LogP contribution in [0.25, 0.3) is 0 Å². The van der Waals surface area contributed by atoms with Crippen molar-refractivity contribution < 1.29 is 14.3 Å². The molecular formula is C19H21NO3. The number of carbonyl (C=O) groups excluding carboxylic acids is 1. The van der Waals surface area contributed by atoms with Gasteiger partial charge in [-0.3, -0.25) is 4.79 Å². The van der Waals surface area contributed by atoms with Gasteiger partial charge in [-0.25, -0.2) is 0 Å². The van der Waals surface area contributed by atoms with Crippen molar-refractivity contribution in [3.8, 4) is 5.75 Å². The Morgan fingerprint density at radius 3 is 2.61 bits per heavy atom. The Hall–Kier alpha value is -2.33. The molecule has 4 nitrogen and oxygen atoms in total. The van der Waals surface area contributed by atoms with Crippen molar-refractivity contribution >= 4 is 5.91 Å². The highest BCUT2D eigenvalue weighted by Gasteiger charge is 2.33. The summed E-state index contributed by atoms with van der Waals surface area (Å²) >= 11 is 0. The van der Waals surface area contributed by atoms with Gasteiger partial charge in [0.1, 0.15) is 18.5 Å². The number of ether oxygens (including phenoxy) is 2. The van der Waals surface area contributed by atoms with Crippen molar-refractivity contribution in [3.63, 3.8) is 0 Å². The van der Waals surface area contributed by atoms with Gasteiger partial charge in [-0.1, -0.05) is 48.5 Å². The van der Waals surface area contributed by atoms with Crippen LogP contribution in [-0.4, -0.2) is 25.7 Å². The summed E-state index contributed by atoms with van der Waals surface area (Å²) in [6.45, 7) is 2.31. The molecule has 2 aromatic carbocycles. The molecule has 0 fully saturated rings. The summed E-state index contributed by atoms with van der Waals surface area (Å²) in [5.74, 6) is 0.582. The molecule has 1 amide bonds. The fraction of sp³-hybridized carbons (Fsp3) is 0.316. The minimum absolute atomic E-state index is 0.0220. The van der Waals surface area contributed by atoms with Crippen LogP contribution in [0.15, 0.2) is 54.6 Å². The monoisotopic (exact) mass is 311 g/mol. The molecule has 0 aromatic heterocycles. The number of rotatable bonds is 4. The number of nitrogens with one attached hydrogen (secondary N) is 1. The van der Waals surface area contributed by atoms with Gasteiger partial charge < -0.3 is 14.8 Å². The second-order valence-corrected chi connectivity index (χ2v) is 5.75. The average molecular weight is 311 g/mol. The first-order valence-electron chi connectivity index (χ1n) is 7.80. The molecule has 23 heavy (non-hydrogen) atoms. The van der Waals surface area contributed by atoms with Crippen molar-refractivity contribution in [2.24, 2.45) is 0 Å². The van der Waals surface area contributed by atoms with E-state index < -0.39 is 0 Å². The number of benzene rings is 2. The highest BCUT2D eigenvalue weighted by Crippen LogP contribution is 2.34. The van der Waals surface area contributed by atoms with E-state index in [1.165, 1.54) is 0 Å². The maximum atomic E-state index is 12.6. The molecule has 0 spiro atoms. The number of methoxy groups -OCH3 is 1. The molecule has 0 saturated heterocycles. The lowest BCUT2D eigenvalue weighted by Crippen LogP contribution is -2.47. The van der Waals surface area contributed by atoms with Crippen LogP contribution in [0.2, 0.25) is 0 Å². The quantitative estimate of drug-likeness (QED) is 0.944. The SMILES string of the molecule is COC1c2ccccc2OCC1NC(=O)[C@@H](C)c1ccccc1. The molecule has 3 atom stereocenters. The van der Waals surface area contributed by atoms with Gasteiger partial charge in [0, 0.05) is 12.7 Å².